The van der Waals surface area contributed by atoms with Gasteiger partial charge in [-0.1, -0.05) is 0 Å². The number of rotatable bonds is 3. The maximum atomic E-state index is 12.6. The van der Waals surface area contributed by atoms with Crippen molar-refractivity contribution in [3.8, 4) is 0 Å². The number of aliphatic hydroxyl groups excluding tert-OH is 1. The zero-order chi connectivity index (χ0) is 14.2. The molecule has 0 saturated carbocycles. The number of hydrogen-bond donors (Lipinski definition) is 1. The van der Waals surface area contributed by atoms with E-state index in [2.05, 4.69) is 5.10 Å². The van der Waals surface area contributed by atoms with Crippen molar-refractivity contribution < 1.29 is 13.5 Å². The van der Waals surface area contributed by atoms with Crippen molar-refractivity contribution in [3.05, 3.63) is 11.4 Å². The second kappa shape index (κ2) is 5.22. The van der Waals surface area contributed by atoms with Gasteiger partial charge in [0.15, 0.2) is 0 Å². The van der Waals surface area contributed by atoms with E-state index in [1.54, 1.807) is 25.6 Å². The first-order valence-electron chi connectivity index (χ1n) is 6.49. The molecule has 0 spiro atoms. The van der Waals surface area contributed by atoms with Gasteiger partial charge in [-0.05, 0) is 32.6 Å². The molecule has 0 atom stereocenters. The molecule has 7 heteroatoms. The van der Waals surface area contributed by atoms with Crippen LogP contribution in [0.5, 0.6) is 0 Å². The van der Waals surface area contributed by atoms with Gasteiger partial charge < -0.3 is 5.11 Å². The molecule has 0 amide bonds. The summed E-state index contributed by atoms with van der Waals surface area (Å²) in [6, 6.07) is 0. The Kier molecular flexibility index (Phi) is 3.98. The minimum atomic E-state index is -3.47. The Bertz CT molecular complexity index is 557. The van der Waals surface area contributed by atoms with E-state index >= 15 is 0 Å². The summed E-state index contributed by atoms with van der Waals surface area (Å²) in [5.74, 6) is 0.225. The lowest BCUT2D eigenvalue weighted by atomic mass is 10.00. The van der Waals surface area contributed by atoms with Crippen molar-refractivity contribution in [3.63, 3.8) is 0 Å². The van der Waals surface area contributed by atoms with Crippen LogP contribution in [0.4, 0.5) is 0 Å². The molecular formula is C12H21N3O3S. The largest absolute Gasteiger partial charge is 0.396 e. The van der Waals surface area contributed by atoms with Crippen molar-refractivity contribution in [2.24, 2.45) is 13.0 Å². The average molecular weight is 287 g/mol. The molecule has 1 aromatic heterocycles. The fourth-order valence-corrected chi connectivity index (χ4v) is 4.46. The summed E-state index contributed by atoms with van der Waals surface area (Å²) in [4.78, 5) is 0.331. The topological polar surface area (TPSA) is 75.4 Å². The van der Waals surface area contributed by atoms with Crippen LogP contribution in [-0.2, 0) is 17.1 Å². The number of aliphatic hydroxyl groups is 1. The van der Waals surface area contributed by atoms with E-state index in [-0.39, 0.29) is 12.5 Å². The van der Waals surface area contributed by atoms with Crippen molar-refractivity contribution >= 4 is 10.0 Å². The van der Waals surface area contributed by atoms with Crippen molar-refractivity contribution in [1.82, 2.24) is 14.1 Å². The Morgan fingerprint density at radius 2 is 1.89 bits per heavy atom. The van der Waals surface area contributed by atoms with E-state index in [1.807, 2.05) is 0 Å². The monoisotopic (exact) mass is 287 g/mol. The van der Waals surface area contributed by atoms with E-state index in [1.165, 1.54) is 4.31 Å². The van der Waals surface area contributed by atoms with Gasteiger partial charge in [0, 0.05) is 26.7 Å². The SMILES string of the molecule is Cc1nn(C)c(C)c1S(=O)(=O)N1CCC(CO)CC1. The number of sulfonamides is 1. The van der Waals surface area contributed by atoms with Crippen LogP contribution >= 0.6 is 0 Å². The summed E-state index contributed by atoms with van der Waals surface area (Å²) in [6.45, 7) is 4.58. The minimum Gasteiger partial charge on any atom is -0.396 e. The van der Waals surface area contributed by atoms with Crippen LogP contribution in [-0.4, -0.2) is 47.3 Å². The lowest BCUT2D eigenvalue weighted by Gasteiger charge is -2.30. The second-order valence-electron chi connectivity index (χ2n) is 5.15. The molecule has 2 heterocycles. The molecule has 1 N–H and O–H groups in total. The normalized spacial score (nSPS) is 18.9. The molecule has 1 fully saturated rings. The van der Waals surface area contributed by atoms with Crippen LogP contribution in [0.15, 0.2) is 4.90 Å². The zero-order valence-electron chi connectivity index (χ0n) is 11.6. The molecule has 1 aromatic rings. The van der Waals surface area contributed by atoms with Crippen LogP contribution < -0.4 is 0 Å². The highest BCUT2D eigenvalue weighted by Gasteiger charge is 2.33. The standard InChI is InChI=1S/C12H21N3O3S/c1-9-12(10(2)14(3)13-9)19(17,18)15-6-4-11(8-16)5-7-15/h11,16H,4-8H2,1-3H3. The Morgan fingerprint density at radius 3 is 2.32 bits per heavy atom. The third kappa shape index (κ3) is 2.54. The first kappa shape index (κ1) is 14.5. The second-order valence-corrected chi connectivity index (χ2v) is 7.03. The fourth-order valence-electron chi connectivity index (χ4n) is 2.59. The molecule has 0 bridgehead atoms. The summed E-state index contributed by atoms with van der Waals surface area (Å²) in [5, 5.41) is 13.3. The van der Waals surface area contributed by atoms with Crippen LogP contribution in [0.3, 0.4) is 0 Å². The number of nitrogens with zero attached hydrogens (tertiary/aromatic N) is 3. The first-order chi connectivity index (χ1) is 8.87. The van der Waals surface area contributed by atoms with Crippen LogP contribution in [0.2, 0.25) is 0 Å². The predicted octanol–water partition coefficient (Wildman–Crippen LogP) is 0.430. The Balaban J connectivity index is 2.28. The Morgan fingerprint density at radius 1 is 1.32 bits per heavy atom. The number of aryl methyl sites for hydroxylation is 2. The Labute approximate surface area is 114 Å². The maximum absolute atomic E-state index is 12.6. The zero-order valence-corrected chi connectivity index (χ0v) is 12.4. The molecule has 0 aliphatic carbocycles. The fraction of sp³-hybridized carbons (Fsp3) is 0.750. The lowest BCUT2D eigenvalue weighted by Crippen LogP contribution is -2.39. The summed E-state index contributed by atoms with van der Waals surface area (Å²) >= 11 is 0. The number of aromatic nitrogens is 2. The highest BCUT2D eigenvalue weighted by Crippen LogP contribution is 2.27. The summed E-state index contributed by atoms with van der Waals surface area (Å²) < 4.78 is 28.4. The maximum Gasteiger partial charge on any atom is 0.246 e. The van der Waals surface area contributed by atoms with Crippen LogP contribution in [0.25, 0.3) is 0 Å². The summed E-state index contributed by atoms with van der Waals surface area (Å²) in [7, 11) is -1.72. The molecule has 1 aliphatic heterocycles. The molecule has 0 radical (unpaired) electrons. The lowest BCUT2D eigenvalue weighted by molar-refractivity contribution is 0.170. The average Bonchev–Trinajstić information content (AvgIpc) is 2.63. The van der Waals surface area contributed by atoms with E-state index in [0.717, 1.165) is 0 Å². The molecule has 108 valence electrons. The highest BCUT2D eigenvalue weighted by atomic mass is 32.2. The molecule has 0 unspecified atom stereocenters. The van der Waals surface area contributed by atoms with Crippen molar-refractivity contribution in [1.29, 1.82) is 0 Å². The minimum absolute atomic E-state index is 0.138. The Hall–Kier alpha value is -0.920. The third-order valence-electron chi connectivity index (χ3n) is 3.87. The van der Waals surface area contributed by atoms with E-state index in [9.17, 15) is 8.42 Å². The van der Waals surface area contributed by atoms with Crippen LogP contribution in [0, 0.1) is 19.8 Å². The van der Waals surface area contributed by atoms with E-state index < -0.39 is 10.0 Å². The summed E-state index contributed by atoms with van der Waals surface area (Å²) in [6.07, 6.45) is 1.43. The van der Waals surface area contributed by atoms with Gasteiger partial charge in [0.2, 0.25) is 10.0 Å². The van der Waals surface area contributed by atoms with Crippen molar-refractivity contribution in [2.45, 2.75) is 31.6 Å². The van der Waals surface area contributed by atoms with Gasteiger partial charge in [-0.3, -0.25) is 4.68 Å². The molecular weight excluding hydrogens is 266 g/mol. The number of hydrogen-bond acceptors (Lipinski definition) is 4. The first-order valence-corrected chi connectivity index (χ1v) is 7.93. The highest BCUT2D eigenvalue weighted by molar-refractivity contribution is 7.89. The quantitative estimate of drug-likeness (QED) is 0.875. The van der Waals surface area contributed by atoms with E-state index in [4.69, 9.17) is 5.11 Å². The van der Waals surface area contributed by atoms with E-state index in [0.29, 0.717) is 42.2 Å². The molecule has 1 saturated heterocycles. The summed E-state index contributed by atoms with van der Waals surface area (Å²) in [5.41, 5.74) is 1.21. The van der Waals surface area contributed by atoms with Crippen LogP contribution in [0.1, 0.15) is 24.2 Å². The smallest absolute Gasteiger partial charge is 0.246 e. The molecule has 6 nitrogen and oxygen atoms in total. The predicted molar refractivity (Wildman–Crippen MR) is 71.3 cm³/mol. The van der Waals surface area contributed by atoms with Gasteiger partial charge in [0.1, 0.15) is 4.90 Å². The molecule has 0 aromatic carbocycles. The molecule has 2 rings (SSSR count). The molecule has 19 heavy (non-hydrogen) atoms. The third-order valence-corrected chi connectivity index (χ3v) is 6.02. The van der Waals surface area contributed by atoms with Gasteiger partial charge in [0.25, 0.3) is 0 Å². The van der Waals surface area contributed by atoms with Gasteiger partial charge >= 0.3 is 0 Å². The van der Waals surface area contributed by atoms with Gasteiger partial charge in [-0.2, -0.15) is 9.40 Å². The van der Waals surface area contributed by atoms with Crippen molar-refractivity contribution in [2.75, 3.05) is 19.7 Å². The number of piperidine rings is 1. The van der Waals surface area contributed by atoms with Gasteiger partial charge in [-0.15, -0.1) is 0 Å². The van der Waals surface area contributed by atoms with Gasteiger partial charge in [0.05, 0.1) is 11.4 Å². The van der Waals surface area contributed by atoms with Gasteiger partial charge in [-0.25, -0.2) is 8.42 Å². The molecule has 1 aliphatic rings.